The lowest BCUT2D eigenvalue weighted by Crippen LogP contribution is -2.39. The van der Waals surface area contributed by atoms with Crippen LogP contribution in [-0.2, 0) is 11.3 Å². The number of likely N-dealkylation sites (tertiary alicyclic amines) is 2. The molecular weight excluding hydrogens is 345 g/mol. The van der Waals surface area contributed by atoms with Crippen LogP contribution in [0.15, 0.2) is 24.3 Å². The number of piperidine rings is 1. The summed E-state index contributed by atoms with van der Waals surface area (Å²) in [6.45, 7) is 5.76. The third-order valence-corrected chi connectivity index (χ3v) is 5.88. The second-order valence-corrected chi connectivity index (χ2v) is 8.16. The maximum atomic E-state index is 13.0. The fourth-order valence-electron chi connectivity index (χ4n) is 4.32. The van der Waals surface area contributed by atoms with Crippen molar-refractivity contribution in [2.75, 3.05) is 52.9 Å². The van der Waals surface area contributed by atoms with Gasteiger partial charge in [0.05, 0.1) is 6.54 Å². The highest BCUT2D eigenvalue weighted by atomic mass is 19.1. The maximum absolute atomic E-state index is 13.0. The topological polar surface area (TPSA) is 47.0 Å². The molecule has 2 aliphatic heterocycles. The monoisotopic (exact) mass is 377 g/mol. The predicted molar refractivity (Wildman–Crippen MR) is 104 cm³/mol. The van der Waals surface area contributed by atoms with Crippen LogP contribution in [0.1, 0.15) is 24.8 Å². The van der Waals surface area contributed by atoms with Gasteiger partial charge in [-0.15, -0.1) is 0 Å². The molecule has 0 unspecified atom stereocenters. The molecule has 1 aromatic carbocycles. The first-order chi connectivity index (χ1) is 13.0. The van der Waals surface area contributed by atoms with Gasteiger partial charge >= 0.3 is 0 Å². The molecule has 2 atom stereocenters. The molecule has 0 spiro atoms. The molecule has 27 heavy (non-hydrogen) atoms. The van der Waals surface area contributed by atoms with E-state index in [4.69, 9.17) is 0 Å². The molecule has 0 aromatic heterocycles. The molecule has 5 nitrogen and oxygen atoms in total. The molecular formula is C21H32FN3O2. The Labute approximate surface area is 161 Å². The molecule has 0 bridgehead atoms. The highest BCUT2D eigenvalue weighted by Gasteiger charge is 2.35. The molecule has 1 amide bonds. The van der Waals surface area contributed by atoms with Crippen LogP contribution in [-0.4, -0.2) is 78.6 Å². The molecule has 150 valence electrons. The summed E-state index contributed by atoms with van der Waals surface area (Å²) in [5.74, 6) is 0.404. The SMILES string of the molecule is CN(CC(=O)N1C[C@@H](CN2CCCCC2)[C@@H](CO)C1)Cc1ccc(F)cc1. The molecule has 3 rings (SSSR count). The molecule has 0 saturated carbocycles. The Morgan fingerprint density at radius 1 is 1.15 bits per heavy atom. The van der Waals surface area contributed by atoms with Crippen molar-refractivity contribution in [1.82, 2.24) is 14.7 Å². The van der Waals surface area contributed by atoms with E-state index in [9.17, 15) is 14.3 Å². The van der Waals surface area contributed by atoms with Crippen molar-refractivity contribution in [3.63, 3.8) is 0 Å². The zero-order valence-electron chi connectivity index (χ0n) is 16.3. The van der Waals surface area contributed by atoms with Gasteiger partial charge in [-0.1, -0.05) is 18.6 Å². The van der Waals surface area contributed by atoms with Crippen LogP contribution in [0.5, 0.6) is 0 Å². The predicted octanol–water partition coefficient (Wildman–Crippen LogP) is 1.81. The summed E-state index contributed by atoms with van der Waals surface area (Å²) >= 11 is 0. The number of carbonyl (C=O) groups excluding carboxylic acids is 1. The van der Waals surface area contributed by atoms with E-state index in [1.807, 2.05) is 16.8 Å². The molecule has 6 heteroatoms. The average Bonchev–Trinajstić information content (AvgIpc) is 3.07. The van der Waals surface area contributed by atoms with Crippen molar-refractivity contribution in [2.24, 2.45) is 11.8 Å². The minimum absolute atomic E-state index is 0.110. The minimum atomic E-state index is -0.246. The number of hydrogen-bond donors (Lipinski definition) is 1. The standard InChI is InChI=1S/C21H32FN3O2/c1-23(11-17-5-7-20(22)8-6-17)15-21(27)25-13-18(19(14-25)16-26)12-24-9-3-2-4-10-24/h5-8,18-19,26H,2-4,9-16H2,1H3/t18-,19-/m1/s1. The molecule has 2 heterocycles. The second kappa shape index (κ2) is 9.62. The van der Waals surface area contributed by atoms with Gasteiger partial charge in [-0.25, -0.2) is 4.39 Å². The molecule has 2 aliphatic rings. The number of rotatable bonds is 7. The molecule has 2 fully saturated rings. The van der Waals surface area contributed by atoms with Crippen molar-refractivity contribution < 1.29 is 14.3 Å². The molecule has 1 N–H and O–H groups in total. The van der Waals surface area contributed by atoms with Gasteiger partial charge in [0.25, 0.3) is 0 Å². The number of hydrogen-bond acceptors (Lipinski definition) is 4. The lowest BCUT2D eigenvalue weighted by atomic mass is 9.95. The highest BCUT2D eigenvalue weighted by Crippen LogP contribution is 2.25. The van der Waals surface area contributed by atoms with Gasteiger partial charge in [-0.05, 0) is 56.6 Å². The Hall–Kier alpha value is -1.50. The van der Waals surface area contributed by atoms with Crippen LogP contribution in [0.3, 0.4) is 0 Å². The second-order valence-electron chi connectivity index (χ2n) is 8.16. The van der Waals surface area contributed by atoms with Crippen molar-refractivity contribution in [2.45, 2.75) is 25.8 Å². The quantitative estimate of drug-likeness (QED) is 0.787. The van der Waals surface area contributed by atoms with E-state index in [1.165, 1.54) is 31.4 Å². The first-order valence-electron chi connectivity index (χ1n) is 10.1. The Kier molecular flexibility index (Phi) is 7.21. The number of benzene rings is 1. The fourth-order valence-corrected chi connectivity index (χ4v) is 4.32. The number of aliphatic hydroxyl groups excluding tert-OH is 1. The number of aliphatic hydroxyl groups is 1. The summed E-state index contributed by atoms with van der Waals surface area (Å²) in [6.07, 6.45) is 3.83. The number of halogens is 1. The van der Waals surface area contributed by atoms with Crippen LogP contribution in [0.25, 0.3) is 0 Å². The zero-order valence-corrected chi connectivity index (χ0v) is 16.3. The zero-order chi connectivity index (χ0) is 19.2. The largest absolute Gasteiger partial charge is 0.396 e. The number of likely N-dealkylation sites (N-methyl/N-ethyl adjacent to an activating group) is 1. The van der Waals surface area contributed by atoms with E-state index in [2.05, 4.69) is 4.90 Å². The smallest absolute Gasteiger partial charge is 0.236 e. The van der Waals surface area contributed by atoms with E-state index in [-0.39, 0.29) is 24.2 Å². The van der Waals surface area contributed by atoms with Crippen LogP contribution >= 0.6 is 0 Å². The van der Waals surface area contributed by atoms with Gasteiger partial charge in [-0.3, -0.25) is 9.69 Å². The number of nitrogens with zero attached hydrogens (tertiary/aromatic N) is 3. The van der Waals surface area contributed by atoms with Crippen LogP contribution in [0.4, 0.5) is 4.39 Å². The van der Waals surface area contributed by atoms with Gasteiger partial charge in [0, 0.05) is 38.7 Å². The van der Waals surface area contributed by atoms with E-state index < -0.39 is 0 Å². The first-order valence-corrected chi connectivity index (χ1v) is 10.1. The van der Waals surface area contributed by atoms with E-state index in [1.54, 1.807) is 12.1 Å². The normalized spacial score (nSPS) is 23.9. The summed E-state index contributed by atoms with van der Waals surface area (Å²) in [6, 6.07) is 6.40. The minimum Gasteiger partial charge on any atom is -0.396 e. The van der Waals surface area contributed by atoms with Gasteiger partial charge < -0.3 is 14.9 Å². The van der Waals surface area contributed by atoms with Crippen molar-refractivity contribution >= 4 is 5.91 Å². The average molecular weight is 378 g/mol. The van der Waals surface area contributed by atoms with E-state index in [0.29, 0.717) is 25.6 Å². The molecule has 1 aromatic rings. The summed E-state index contributed by atoms with van der Waals surface area (Å²) in [5.41, 5.74) is 0.990. The van der Waals surface area contributed by atoms with Crippen molar-refractivity contribution in [3.8, 4) is 0 Å². The highest BCUT2D eigenvalue weighted by molar-refractivity contribution is 5.78. The van der Waals surface area contributed by atoms with Gasteiger partial charge in [0.2, 0.25) is 5.91 Å². The molecule has 2 saturated heterocycles. The third-order valence-electron chi connectivity index (χ3n) is 5.88. The van der Waals surface area contributed by atoms with Crippen LogP contribution in [0, 0.1) is 17.7 Å². The number of amides is 1. The van der Waals surface area contributed by atoms with Gasteiger partial charge in [-0.2, -0.15) is 0 Å². The fraction of sp³-hybridized carbons (Fsp3) is 0.667. The lowest BCUT2D eigenvalue weighted by Gasteiger charge is -2.30. The summed E-state index contributed by atoms with van der Waals surface area (Å²) in [4.78, 5) is 19.1. The van der Waals surface area contributed by atoms with Crippen LogP contribution in [0.2, 0.25) is 0 Å². The molecule has 0 radical (unpaired) electrons. The Morgan fingerprint density at radius 2 is 1.81 bits per heavy atom. The van der Waals surface area contributed by atoms with Gasteiger partial charge in [0.1, 0.15) is 5.82 Å². The van der Waals surface area contributed by atoms with Crippen molar-refractivity contribution in [1.29, 1.82) is 0 Å². The lowest BCUT2D eigenvalue weighted by molar-refractivity contribution is -0.131. The Morgan fingerprint density at radius 3 is 2.48 bits per heavy atom. The van der Waals surface area contributed by atoms with Gasteiger partial charge in [0.15, 0.2) is 0 Å². The van der Waals surface area contributed by atoms with Crippen LogP contribution < -0.4 is 0 Å². The Balaban J connectivity index is 1.49. The Bertz CT molecular complexity index is 604. The maximum Gasteiger partial charge on any atom is 0.236 e. The van der Waals surface area contributed by atoms with E-state index in [0.717, 1.165) is 31.7 Å². The summed E-state index contributed by atoms with van der Waals surface area (Å²) < 4.78 is 13.0. The van der Waals surface area contributed by atoms with Crippen molar-refractivity contribution in [3.05, 3.63) is 35.6 Å². The third kappa shape index (κ3) is 5.74. The summed E-state index contributed by atoms with van der Waals surface area (Å²) in [7, 11) is 1.91. The molecule has 0 aliphatic carbocycles. The number of carbonyl (C=O) groups is 1. The van der Waals surface area contributed by atoms with E-state index >= 15 is 0 Å². The first kappa shape index (κ1) is 20.2. The summed E-state index contributed by atoms with van der Waals surface area (Å²) in [5, 5.41) is 9.77.